The molecule has 1 saturated heterocycles. The molecule has 0 unspecified atom stereocenters. The summed E-state index contributed by atoms with van der Waals surface area (Å²) in [4.78, 5) is 26.8. The first-order valence-corrected chi connectivity index (χ1v) is 7.31. The van der Waals surface area contributed by atoms with Crippen LogP contribution in [-0.4, -0.2) is 35.3 Å². The van der Waals surface area contributed by atoms with E-state index in [1.165, 1.54) is 0 Å². The zero-order valence-electron chi connectivity index (χ0n) is 11.8. The van der Waals surface area contributed by atoms with Crippen LogP contribution in [0, 0.1) is 18.3 Å². The monoisotopic (exact) mass is 282 g/mol. The molecule has 1 aliphatic heterocycles. The highest BCUT2D eigenvalue weighted by Gasteiger charge is 2.51. The molecule has 1 saturated carbocycles. The van der Waals surface area contributed by atoms with Gasteiger partial charge in [0.1, 0.15) is 6.04 Å². The van der Waals surface area contributed by atoms with E-state index >= 15 is 0 Å². The fourth-order valence-corrected chi connectivity index (χ4v) is 3.59. The molecule has 3 atom stereocenters. The van der Waals surface area contributed by atoms with Crippen LogP contribution in [0.25, 0.3) is 0 Å². The first kappa shape index (κ1) is 13.7. The Bertz CT molecular complexity index is 591. The van der Waals surface area contributed by atoms with Crippen LogP contribution >= 0.6 is 0 Å². The summed E-state index contributed by atoms with van der Waals surface area (Å²) < 4.78 is 0. The molecule has 3 rings (SSSR count). The molecule has 1 aromatic carbocycles. The Morgan fingerprint density at radius 2 is 2.05 bits per heavy atom. The van der Waals surface area contributed by atoms with Crippen molar-refractivity contribution in [3.8, 4) is 12.3 Å². The molecule has 2 bridgehead atoms. The summed E-state index contributed by atoms with van der Waals surface area (Å²) in [6.45, 7) is 0.208. The molecule has 1 aromatic rings. The van der Waals surface area contributed by atoms with Crippen LogP contribution in [0.3, 0.4) is 0 Å². The van der Waals surface area contributed by atoms with Crippen LogP contribution in [0.1, 0.15) is 29.6 Å². The number of benzene rings is 1. The molecule has 2 aliphatic rings. The lowest BCUT2D eigenvalue weighted by atomic mass is 9.97. The highest BCUT2D eigenvalue weighted by atomic mass is 16.2. The third-order valence-electron chi connectivity index (χ3n) is 4.47. The number of likely N-dealkylation sites (tertiary alicyclic amines) is 1. The predicted molar refractivity (Wildman–Crippen MR) is 79.4 cm³/mol. The van der Waals surface area contributed by atoms with Crippen molar-refractivity contribution >= 4 is 11.8 Å². The quantitative estimate of drug-likeness (QED) is 0.853. The van der Waals surface area contributed by atoms with Crippen LogP contribution in [0.5, 0.6) is 0 Å². The van der Waals surface area contributed by atoms with E-state index in [0.29, 0.717) is 5.56 Å². The minimum Gasteiger partial charge on any atom is -0.343 e. The van der Waals surface area contributed by atoms with Crippen molar-refractivity contribution in [1.29, 1.82) is 0 Å². The zero-order chi connectivity index (χ0) is 14.8. The van der Waals surface area contributed by atoms with Gasteiger partial charge in [-0.2, -0.15) is 0 Å². The van der Waals surface area contributed by atoms with Crippen LogP contribution < -0.4 is 5.32 Å². The van der Waals surface area contributed by atoms with Gasteiger partial charge in [0.15, 0.2) is 0 Å². The van der Waals surface area contributed by atoms with Crippen molar-refractivity contribution in [2.24, 2.45) is 5.92 Å². The van der Waals surface area contributed by atoms with Gasteiger partial charge in [0.2, 0.25) is 5.91 Å². The van der Waals surface area contributed by atoms with Gasteiger partial charge in [0.05, 0.1) is 6.54 Å². The maximum atomic E-state index is 12.7. The third-order valence-corrected chi connectivity index (χ3v) is 4.47. The first-order valence-electron chi connectivity index (χ1n) is 7.31. The molecule has 4 heteroatoms. The van der Waals surface area contributed by atoms with Crippen molar-refractivity contribution in [1.82, 2.24) is 10.2 Å². The Morgan fingerprint density at radius 3 is 2.76 bits per heavy atom. The lowest BCUT2D eigenvalue weighted by Crippen LogP contribution is -2.52. The van der Waals surface area contributed by atoms with Crippen LogP contribution in [0.15, 0.2) is 30.3 Å². The van der Waals surface area contributed by atoms with Gasteiger partial charge < -0.3 is 10.2 Å². The van der Waals surface area contributed by atoms with Gasteiger partial charge in [0.25, 0.3) is 5.91 Å². The molecule has 1 N–H and O–H groups in total. The van der Waals surface area contributed by atoms with Crippen LogP contribution in [0.2, 0.25) is 0 Å². The van der Waals surface area contributed by atoms with Gasteiger partial charge in [-0.1, -0.05) is 24.1 Å². The second-order valence-corrected chi connectivity index (χ2v) is 5.67. The molecule has 21 heavy (non-hydrogen) atoms. The molecule has 2 fully saturated rings. The number of terminal acetylenes is 1. The number of rotatable bonds is 3. The summed E-state index contributed by atoms with van der Waals surface area (Å²) in [5.41, 5.74) is 0.639. The highest BCUT2D eigenvalue weighted by Crippen LogP contribution is 2.43. The van der Waals surface area contributed by atoms with Gasteiger partial charge in [0, 0.05) is 11.6 Å². The first-order chi connectivity index (χ1) is 10.2. The maximum absolute atomic E-state index is 12.7. The Labute approximate surface area is 124 Å². The molecule has 0 radical (unpaired) electrons. The van der Waals surface area contributed by atoms with E-state index in [4.69, 9.17) is 6.42 Å². The van der Waals surface area contributed by atoms with E-state index in [0.717, 1.165) is 19.3 Å². The lowest BCUT2D eigenvalue weighted by Gasteiger charge is -2.34. The summed E-state index contributed by atoms with van der Waals surface area (Å²) in [7, 11) is 0. The maximum Gasteiger partial charge on any atom is 0.254 e. The van der Waals surface area contributed by atoms with Gasteiger partial charge >= 0.3 is 0 Å². The van der Waals surface area contributed by atoms with Crippen LogP contribution in [-0.2, 0) is 4.79 Å². The molecular formula is C17H18N2O2. The summed E-state index contributed by atoms with van der Waals surface area (Å²) in [6.07, 6.45) is 8.11. The van der Waals surface area contributed by atoms with Crippen LogP contribution in [0.4, 0.5) is 0 Å². The normalized spacial score (nSPS) is 26.4. The highest BCUT2D eigenvalue weighted by molar-refractivity contribution is 5.98. The Kier molecular flexibility index (Phi) is 3.66. The summed E-state index contributed by atoms with van der Waals surface area (Å²) in [6, 6.07) is 8.97. The van der Waals surface area contributed by atoms with Gasteiger partial charge in [-0.15, -0.1) is 6.42 Å². The molecule has 108 valence electrons. The molecule has 4 nitrogen and oxygen atoms in total. The van der Waals surface area contributed by atoms with E-state index in [-0.39, 0.29) is 36.4 Å². The number of fused-ring (bicyclic) bond motifs is 2. The standard InChI is InChI=1S/C17H18N2O2/c1-2-10-18-16(20)15-13-8-9-14(11-13)19(15)17(21)12-6-4-3-5-7-12/h1,3-7,13-15H,8-11H2,(H,18,20)/t13-,14-,15-/m0/s1. The molecule has 0 aromatic heterocycles. The molecule has 0 spiro atoms. The minimum atomic E-state index is -0.371. The van der Waals surface area contributed by atoms with Crippen molar-refractivity contribution in [3.63, 3.8) is 0 Å². The van der Waals surface area contributed by atoms with E-state index in [1.807, 2.05) is 18.2 Å². The second kappa shape index (κ2) is 5.61. The van der Waals surface area contributed by atoms with Crippen molar-refractivity contribution in [3.05, 3.63) is 35.9 Å². The lowest BCUT2D eigenvalue weighted by molar-refractivity contribution is -0.126. The molecule has 2 amide bonds. The predicted octanol–water partition coefficient (Wildman–Crippen LogP) is 1.43. The summed E-state index contributed by atoms with van der Waals surface area (Å²) in [5, 5.41) is 2.73. The van der Waals surface area contributed by atoms with Crippen molar-refractivity contribution < 1.29 is 9.59 Å². The fraction of sp³-hybridized carbons (Fsp3) is 0.412. The largest absolute Gasteiger partial charge is 0.343 e. The average Bonchev–Trinajstić information content (AvgIpc) is 3.13. The molecule has 1 heterocycles. The van der Waals surface area contributed by atoms with Crippen molar-refractivity contribution in [2.75, 3.05) is 6.54 Å². The number of piperidine rings is 1. The van der Waals surface area contributed by atoms with Gasteiger partial charge in [-0.3, -0.25) is 9.59 Å². The van der Waals surface area contributed by atoms with Gasteiger partial charge in [-0.05, 0) is 37.3 Å². The number of amides is 2. The summed E-state index contributed by atoms with van der Waals surface area (Å²) >= 11 is 0. The topological polar surface area (TPSA) is 49.4 Å². The number of hydrogen-bond acceptors (Lipinski definition) is 2. The third kappa shape index (κ3) is 2.40. The van der Waals surface area contributed by atoms with Gasteiger partial charge in [-0.25, -0.2) is 0 Å². The summed E-state index contributed by atoms with van der Waals surface area (Å²) in [5.74, 6) is 2.50. The fourth-order valence-electron chi connectivity index (χ4n) is 3.59. The average molecular weight is 282 g/mol. The Hall–Kier alpha value is -2.28. The number of nitrogens with one attached hydrogen (secondary N) is 1. The molecule has 1 aliphatic carbocycles. The SMILES string of the molecule is C#CCNC(=O)[C@@H]1[C@H]2CC[C@@H](C2)N1C(=O)c1ccccc1. The minimum absolute atomic E-state index is 0.0522. The smallest absolute Gasteiger partial charge is 0.254 e. The number of carbonyl (C=O) groups excluding carboxylic acids is 2. The number of carbonyl (C=O) groups is 2. The van der Waals surface area contributed by atoms with E-state index in [9.17, 15) is 9.59 Å². The van der Waals surface area contributed by atoms with E-state index < -0.39 is 0 Å². The zero-order valence-corrected chi connectivity index (χ0v) is 11.8. The van der Waals surface area contributed by atoms with Crippen molar-refractivity contribution in [2.45, 2.75) is 31.3 Å². The van der Waals surface area contributed by atoms with E-state index in [2.05, 4.69) is 11.2 Å². The Morgan fingerprint density at radius 1 is 1.29 bits per heavy atom. The molecular weight excluding hydrogens is 264 g/mol. The second-order valence-electron chi connectivity index (χ2n) is 5.67. The van der Waals surface area contributed by atoms with E-state index in [1.54, 1.807) is 17.0 Å². The Balaban J connectivity index is 1.83. The number of hydrogen-bond donors (Lipinski definition) is 1. The number of nitrogens with zero attached hydrogens (tertiary/aromatic N) is 1.